The Morgan fingerprint density at radius 1 is 1.55 bits per heavy atom. The van der Waals surface area contributed by atoms with E-state index in [2.05, 4.69) is 20.4 Å². The summed E-state index contributed by atoms with van der Waals surface area (Å²) in [5.41, 5.74) is 7.97. The molecule has 0 radical (unpaired) electrons. The van der Waals surface area contributed by atoms with Gasteiger partial charge in [0, 0.05) is 11.0 Å². The molecule has 0 aromatic heterocycles. The van der Waals surface area contributed by atoms with Gasteiger partial charge in [-0.1, -0.05) is 26.0 Å². The van der Waals surface area contributed by atoms with Gasteiger partial charge >= 0.3 is 0 Å². The van der Waals surface area contributed by atoms with Crippen LogP contribution in [0.5, 0.6) is 0 Å². The maximum absolute atomic E-state index is 6.31. The molecular formula is C10H17N. The predicted octanol–water partition coefficient (Wildman–Crippen LogP) is 2.08. The van der Waals surface area contributed by atoms with Crippen molar-refractivity contribution in [3.63, 3.8) is 0 Å². The van der Waals surface area contributed by atoms with Crippen LogP contribution in [0.3, 0.4) is 0 Å². The summed E-state index contributed by atoms with van der Waals surface area (Å²) in [5, 5.41) is 0. The van der Waals surface area contributed by atoms with Crippen LogP contribution in [0.4, 0.5) is 0 Å². The molecule has 62 valence electrons. The molecule has 2 aliphatic carbocycles. The summed E-state index contributed by atoms with van der Waals surface area (Å²) in [7, 11) is 0. The van der Waals surface area contributed by atoms with Crippen LogP contribution in [0.1, 0.15) is 33.1 Å². The van der Waals surface area contributed by atoms with Gasteiger partial charge in [-0.05, 0) is 25.2 Å². The first-order valence-corrected chi connectivity index (χ1v) is 4.45. The highest BCUT2D eigenvalue weighted by molar-refractivity contribution is 5.30. The molecule has 2 bridgehead atoms. The third-order valence-electron chi connectivity index (χ3n) is 4.09. The van der Waals surface area contributed by atoms with E-state index >= 15 is 0 Å². The van der Waals surface area contributed by atoms with Crippen LogP contribution in [0.25, 0.3) is 0 Å². The van der Waals surface area contributed by atoms with Crippen molar-refractivity contribution >= 4 is 0 Å². The molecule has 0 saturated heterocycles. The zero-order valence-corrected chi connectivity index (χ0v) is 7.48. The molecule has 2 N–H and O–H groups in total. The van der Waals surface area contributed by atoms with Crippen LogP contribution in [-0.2, 0) is 0 Å². The standard InChI is InChI=1S/C10H17N/c1-7-8-4-5-10(11,6-8)9(7,2)3/h8H,1,4-6,11H2,2-3H3. The fourth-order valence-electron chi connectivity index (χ4n) is 2.77. The lowest BCUT2D eigenvalue weighted by Crippen LogP contribution is -2.48. The Balaban J connectivity index is 2.44. The van der Waals surface area contributed by atoms with Gasteiger partial charge in [0.2, 0.25) is 0 Å². The zero-order valence-electron chi connectivity index (χ0n) is 7.48. The summed E-state index contributed by atoms with van der Waals surface area (Å²) in [6.45, 7) is 8.64. The van der Waals surface area contributed by atoms with Crippen LogP contribution in [-0.4, -0.2) is 5.54 Å². The van der Waals surface area contributed by atoms with E-state index < -0.39 is 0 Å². The maximum atomic E-state index is 6.31. The van der Waals surface area contributed by atoms with Crippen LogP contribution < -0.4 is 5.73 Å². The van der Waals surface area contributed by atoms with Crippen molar-refractivity contribution in [2.45, 2.75) is 38.6 Å². The summed E-state index contributed by atoms with van der Waals surface area (Å²) < 4.78 is 0. The van der Waals surface area contributed by atoms with E-state index in [0.29, 0.717) is 0 Å². The van der Waals surface area contributed by atoms with Gasteiger partial charge in [-0.3, -0.25) is 0 Å². The molecule has 2 aliphatic rings. The topological polar surface area (TPSA) is 26.0 Å². The van der Waals surface area contributed by atoms with Crippen LogP contribution in [0.15, 0.2) is 12.2 Å². The smallest absolute Gasteiger partial charge is 0.0249 e. The lowest BCUT2D eigenvalue weighted by atomic mass is 9.69. The monoisotopic (exact) mass is 151 g/mol. The van der Waals surface area contributed by atoms with Crippen LogP contribution in [0.2, 0.25) is 0 Å². The quantitative estimate of drug-likeness (QED) is 0.527. The van der Waals surface area contributed by atoms with E-state index in [4.69, 9.17) is 5.73 Å². The van der Waals surface area contributed by atoms with Crippen molar-refractivity contribution in [2.24, 2.45) is 17.1 Å². The highest BCUT2D eigenvalue weighted by Crippen LogP contribution is 2.59. The Bertz CT molecular complexity index is 217. The fourth-order valence-corrected chi connectivity index (χ4v) is 2.77. The minimum Gasteiger partial charge on any atom is -0.324 e. The second-order valence-corrected chi connectivity index (χ2v) is 4.75. The van der Waals surface area contributed by atoms with Crippen LogP contribution >= 0.6 is 0 Å². The fraction of sp³-hybridized carbons (Fsp3) is 0.800. The summed E-state index contributed by atoms with van der Waals surface area (Å²) in [5.74, 6) is 0.731. The van der Waals surface area contributed by atoms with Crippen molar-refractivity contribution in [2.75, 3.05) is 0 Å². The number of hydrogen-bond donors (Lipinski definition) is 1. The first-order valence-electron chi connectivity index (χ1n) is 4.45. The average Bonchev–Trinajstić information content (AvgIpc) is 2.36. The minimum atomic E-state index is 0.0781. The van der Waals surface area contributed by atoms with Gasteiger partial charge in [0.15, 0.2) is 0 Å². The van der Waals surface area contributed by atoms with Gasteiger partial charge < -0.3 is 5.73 Å². The number of nitrogens with two attached hydrogens (primary N) is 1. The molecule has 0 aromatic carbocycles. The molecule has 0 heterocycles. The molecule has 1 nitrogen and oxygen atoms in total. The second-order valence-electron chi connectivity index (χ2n) is 4.75. The second kappa shape index (κ2) is 1.71. The Labute approximate surface area is 68.7 Å². The Hall–Kier alpha value is -0.300. The minimum absolute atomic E-state index is 0.0781. The Morgan fingerprint density at radius 2 is 2.18 bits per heavy atom. The van der Waals surface area contributed by atoms with Gasteiger partial charge in [0.1, 0.15) is 0 Å². The molecule has 0 spiro atoms. The van der Waals surface area contributed by atoms with Crippen molar-refractivity contribution in [1.82, 2.24) is 0 Å². The number of fused-ring (bicyclic) bond motifs is 2. The third-order valence-corrected chi connectivity index (χ3v) is 4.09. The molecule has 2 unspecified atom stereocenters. The largest absolute Gasteiger partial charge is 0.324 e. The normalized spacial score (nSPS) is 46.8. The highest BCUT2D eigenvalue weighted by atomic mass is 14.8. The first kappa shape index (κ1) is 7.35. The van der Waals surface area contributed by atoms with Crippen molar-refractivity contribution < 1.29 is 0 Å². The number of rotatable bonds is 0. The molecule has 2 atom stereocenters. The molecule has 11 heavy (non-hydrogen) atoms. The zero-order chi connectivity index (χ0) is 8.28. The van der Waals surface area contributed by atoms with Gasteiger partial charge in [-0.15, -0.1) is 0 Å². The summed E-state index contributed by atoms with van der Waals surface area (Å²) in [6.07, 6.45) is 3.65. The van der Waals surface area contributed by atoms with Crippen molar-refractivity contribution in [3.05, 3.63) is 12.2 Å². The predicted molar refractivity (Wildman–Crippen MR) is 47.2 cm³/mol. The van der Waals surface area contributed by atoms with E-state index in [9.17, 15) is 0 Å². The molecular weight excluding hydrogens is 134 g/mol. The molecule has 2 saturated carbocycles. The summed E-state index contributed by atoms with van der Waals surface area (Å²) in [6, 6.07) is 0. The van der Waals surface area contributed by atoms with E-state index in [-0.39, 0.29) is 11.0 Å². The average molecular weight is 151 g/mol. The Kier molecular flexibility index (Phi) is 1.15. The van der Waals surface area contributed by atoms with Gasteiger partial charge in [-0.25, -0.2) is 0 Å². The maximum Gasteiger partial charge on any atom is 0.0249 e. The van der Waals surface area contributed by atoms with E-state index in [1.165, 1.54) is 24.8 Å². The molecule has 0 aromatic rings. The third kappa shape index (κ3) is 0.652. The lowest BCUT2D eigenvalue weighted by molar-refractivity contribution is 0.234. The molecule has 0 aliphatic heterocycles. The Morgan fingerprint density at radius 3 is 2.45 bits per heavy atom. The SMILES string of the molecule is C=C1C2CCC(N)(C2)C1(C)C. The highest BCUT2D eigenvalue weighted by Gasteiger charge is 2.56. The summed E-state index contributed by atoms with van der Waals surface area (Å²) >= 11 is 0. The van der Waals surface area contributed by atoms with Gasteiger partial charge in [0.05, 0.1) is 0 Å². The summed E-state index contributed by atoms with van der Waals surface area (Å²) in [4.78, 5) is 0. The molecule has 2 fully saturated rings. The van der Waals surface area contributed by atoms with Gasteiger partial charge in [0.25, 0.3) is 0 Å². The van der Waals surface area contributed by atoms with Gasteiger partial charge in [-0.2, -0.15) is 0 Å². The lowest BCUT2D eigenvalue weighted by Gasteiger charge is -2.40. The van der Waals surface area contributed by atoms with E-state index in [1.807, 2.05) is 0 Å². The van der Waals surface area contributed by atoms with Crippen molar-refractivity contribution in [1.29, 1.82) is 0 Å². The van der Waals surface area contributed by atoms with Crippen molar-refractivity contribution in [3.8, 4) is 0 Å². The molecule has 2 rings (SSSR count). The van der Waals surface area contributed by atoms with Crippen LogP contribution in [0, 0.1) is 11.3 Å². The molecule has 1 heteroatoms. The number of hydrogen-bond acceptors (Lipinski definition) is 1. The van der Waals surface area contributed by atoms with E-state index in [1.54, 1.807) is 0 Å². The molecule has 0 amide bonds. The van der Waals surface area contributed by atoms with E-state index in [0.717, 1.165) is 5.92 Å². The first-order chi connectivity index (χ1) is 4.97.